The van der Waals surface area contributed by atoms with E-state index in [2.05, 4.69) is 4.98 Å². The molecule has 0 spiro atoms. The monoisotopic (exact) mass is 174 g/mol. The Hall–Kier alpha value is -1.82. The normalized spacial score (nSPS) is 10.2. The summed E-state index contributed by atoms with van der Waals surface area (Å²) in [5.74, 6) is -0.373. The van der Waals surface area contributed by atoms with Crippen LogP contribution < -0.4 is 0 Å². The Labute approximate surface area is 74.6 Å². The van der Waals surface area contributed by atoms with Crippen molar-refractivity contribution in [1.82, 2.24) is 4.98 Å². The number of aromatic nitrogens is 1. The van der Waals surface area contributed by atoms with E-state index in [4.69, 9.17) is 5.26 Å². The Morgan fingerprint density at radius 3 is 2.85 bits per heavy atom. The van der Waals surface area contributed by atoms with E-state index >= 15 is 0 Å². The molecule has 0 aliphatic heterocycles. The molecule has 2 nitrogen and oxygen atoms in total. The van der Waals surface area contributed by atoms with Crippen LogP contribution in [0.1, 0.15) is 11.3 Å². The number of rotatable bonds is 0. The van der Waals surface area contributed by atoms with Gasteiger partial charge in [0.1, 0.15) is 5.82 Å². The van der Waals surface area contributed by atoms with Gasteiger partial charge in [-0.15, -0.1) is 0 Å². The van der Waals surface area contributed by atoms with Gasteiger partial charge in [-0.2, -0.15) is 5.26 Å². The quantitative estimate of drug-likeness (QED) is 0.654. The molecule has 1 aromatic carbocycles. The first-order chi connectivity index (χ1) is 6.20. The second-order valence-electron chi connectivity index (χ2n) is 2.99. The van der Waals surface area contributed by atoms with Crippen molar-refractivity contribution in [3.05, 3.63) is 35.3 Å². The number of aromatic amines is 1. The molecule has 1 N–H and O–H groups in total. The number of benzene rings is 1. The molecule has 0 fully saturated rings. The Morgan fingerprint density at radius 1 is 1.38 bits per heavy atom. The fourth-order valence-electron chi connectivity index (χ4n) is 1.40. The lowest BCUT2D eigenvalue weighted by atomic mass is 10.1. The number of aryl methyl sites for hydroxylation is 1. The minimum atomic E-state index is -0.373. The highest BCUT2D eigenvalue weighted by atomic mass is 19.1. The van der Waals surface area contributed by atoms with Gasteiger partial charge < -0.3 is 4.98 Å². The van der Waals surface area contributed by atoms with Crippen molar-refractivity contribution in [3.8, 4) is 6.07 Å². The standard InChI is InChI=1S/C10H7FN2/c1-6-2-8-3-7(5-12)4-9(11)10(8)13-6/h2-4,13H,1H3. The fourth-order valence-corrected chi connectivity index (χ4v) is 1.40. The highest BCUT2D eigenvalue weighted by Crippen LogP contribution is 2.19. The summed E-state index contributed by atoms with van der Waals surface area (Å²) >= 11 is 0. The minimum absolute atomic E-state index is 0.351. The maximum Gasteiger partial charge on any atom is 0.148 e. The summed E-state index contributed by atoms with van der Waals surface area (Å²) in [6.07, 6.45) is 0. The summed E-state index contributed by atoms with van der Waals surface area (Å²) in [5.41, 5.74) is 1.71. The third kappa shape index (κ3) is 1.17. The molecule has 0 aliphatic rings. The average Bonchev–Trinajstić information content (AvgIpc) is 2.46. The Balaban J connectivity index is 2.85. The molecular weight excluding hydrogens is 167 g/mol. The van der Waals surface area contributed by atoms with Crippen molar-refractivity contribution in [2.75, 3.05) is 0 Å². The van der Waals surface area contributed by atoms with Crippen molar-refractivity contribution in [2.24, 2.45) is 0 Å². The molecule has 2 rings (SSSR count). The molecule has 0 atom stereocenters. The van der Waals surface area contributed by atoms with Crippen LogP contribution in [0.15, 0.2) is 18.2 Å². The zero-order valence-corrected chi connectivity index (χ0v) is 7.06. The highest BCUT2D eigenvalue weighted by molar-refractivity contribution is 5.82. The zero-order chi connectivity index (χ0) is 9.42. The summed E-state index contributed by atoms with van der Waals surface area (Å²) in [4.78, 5) is 2.89. The van der Waals surface area contributed by atoms with Crippen LogP contribution in [-0.4, -0.2) is 4.98 Å². The van der Waals surface area contributed by atoms with Crippen LogP contribution in [0, 0.1) is 24.1 Å². The second kappa shape index (κ2) is 2.60. The van der Waals surface area contributed by atoms with Crippen molar-refractivity contribution >= 4 is 10.9 Å². The number of H-pyrrole nitrogens is 1. The summed E-state index contributed by atoms with van der Waals surface area (Å²) in [6, 6.07) is 6.64. The summed E-state index contributed by atoms with van der Waals surface area (Å²) in [7, 11) is 0. The molecule has 0 bridgehead atoms. The number of fused-ring (bicyclic) bond motifs is 1. The number of hydrogen-bond donors (Lipinski definition) is 1. The Kier molecular flexibility index (Phi) is 1.56. The highest BCUT2D eigenvalue weighted by Gasteiger charge is 2.05. The van der Waals surface area contributed by atoms with E-state index in [0.717, 1.165) is 11.1 Å². The number of halogens is 1. The Morgan fingerprint density at radius 2 is 2.15 bits per heavy atom. The first-order valence-corrected chi connectivity index (χ1v) is 3.89. The Bertz CT molecular complexity index is 505. The van der Waals surface area contributed by atoms with E-state index in [-0.39, 0.29) is 5.82 Å². The molecule has 0 unspecified atom stereocenters. The van der Waals surface area contributed by atoms with Crippen molar-refractivity contribution in [3.63, 3.8) is 0 Å². The maximum atomic E-state index is 13.3. The van der Waals surface area contributed by atoms with Crippen molar-refractivity contribution in [2.45, 2.75) is 6.92 Å². The zero-order valence-electron chi connectivity index (χ0n) is 7.06. The maximum absolute atomic E-state index is 13.3. The fraction of sp³-hybridized carbons (Fsp3) is 0.100. The van der Waals surface area contributed by atoms with Crippen LogP contribution in [0.5, 0.6) is 0 Å². The third-order valence-electron chi connectivity index (χ3n) is 1.94. The molecule has 1 heterocycles. The van der Waals surface area contributed by atoms with Gasteiger partial charge >= 0.3 is 0 Å². The molecule has 64 valence electrons. The van der Waals surface area contributed by atoms with E-state index in [9.17, 15) is 4.39 Å². The molecule has 0 saturated heterocycles. The van der Waals surface area contributed by atoms with Crippen LogP contribution in [-0.2, 0) is 0 Å². The topological polar surface area (TPSA) is 39.6 Å². The predicted octanol–water partition coefficient (Wildman–Crippen LogP) is 2.49. The van der Waals surface area contributed by atoms with Crippen LogP contribution in [0.4, 0.5) is 4.39 Å². The second-order valence-corrected chi connectivity index (χ2v) is 2.99. The molecule has 1 aromatic heterocycles. The molecule has 0 radical (unpaired) electrons. The van der Waals surface area contributed by atoms with Gasteiger partial charge in [0.15, 0.2) is 0 Å². The smallest absolute Gasteiger partial charge is 0.148 e. The predicted molar refractivity (Wildman–Crippen MR) is 47.7 cm³/mol. The molecule has 0 amide bonds. The largest absolute Gasteiger partial charge is 0.356 e. The van der Waals surface area contributed by atoms with E-state index in [1.54, 1.807) is 6.07 Å². The number of nitriles is 1. The van der Waals surface area contributed by atoms with Crippen LogP contribution in [0.25, 0.3) is 10.9 Å². The molecule has 3 heteroatoms. The average molecular weight is 174 g/mol. The third-order valence-corrected chi connectivity index (χ3v) is 1.94. The van der Waals surface area contributed by atoms with Crippen molar-refractivity contribution in [1.29, 1.82) is 5.26 Å². The number of nitrogens with one attached hydrogen (secondary N) is 1. The lowest BCUT2D eigenvalue weighted by Crippen LogP contribution is -1.81. The SMILES string of the molecule is Cc1cc2cc(C#N)cc(F)c2[nH]1. The lowest BCUT2D eigenvalue weighted by molar-refractivity contribution is 0.636. The van der Waals surface area contributed by atoms with Gasteiger partial charge in [-0.3, -0.25) is 0 Å². The van der Waals surface area contributed by atoms with Gasteiger partial charge in [-0.05, 0) is 25.1 Å². The van der Waals surface area contributed by atoms with Crippen LogP contribution in [0.3, 0.4) is 0 Å². The molecule has 0 aliphatic carbocycles. The van der Waals surface area contributed by atoms with Gasteiger partial charge in [0, 0.05) is 11.1 Å². The molecule has 0 saturated carbocycles. The van der Waals surface area contributed by atoms with E-state index in [0.29, 0.717) is 11.1 Å². The van der Waals surface area contributed by atoms with E-state index in [1.165, 1.54) is 6.07 Å². The molecule has 2 aromatic rings. The summed E-state index contributed by atoms with van der Waals surface area (Å²) < 4.78 is 13.3. The number of nitrogens with zero attached hydrogens (tertiary/aromatic N) is 1. The minimum Gasteiger partial charge on any atom is -0.356 e. The lowest BCUT2D eigenvalue weighted by Gasteiger charge is -1.92. The van der Waals surface area contributed by atoms with Crippen LogP contribution in [0.2, 0.25) is 0 Å². The number of hydrogen-bond acceptors (Lipinski definition) is 1. The van der Waals surface area contributed by atoms with E-state index < -0.39 is 0 Å². The molecular formula is C10H7FN2. The van der Waals surface area contributed by atoms with Gasteiger partial charge in [0.05, 0.1) is 17.1 Å². The first-order valence-electron chi connectivity index (χ1n) is 3.89. The summed E-state index contributed by atoms with van der Waals surface area (Å²) in [5, 5.41) is 9.35. The summed E-state index contributed by atoms with van der Waals surface area (Å²) in [6.45, 7) is 1.85. The van der Waals surface area contributed by atoms with E-state index in [1.807, 2.05) is 19.1 Å². The van der Waals surface area contributed by atoms with Crippen molar-refractivity contribution < 1.29 is 4.39 Å². The van der Waals surface area contributed by atoms with Gasteiger partial charge in [-0.25, -0.2) is 4.39 Å². The molecule has 13 heavy (non-hydrogen) atoms. The van der Waals surface area contributed by atoms with Gasteiger partial charge in [0.25, 0.3) is 0 Å². The van der Waals surface area contributed by atoms with Gasteiger partial charge in [-0.1, -0.05) is 0 Å². The van der Waals surface area contributed by atoms with Crippen LogP contribution >= 0.6 is 0 Å². The first kappa shape index (κ1) is 7.81. The van der Waals surface area contributed by atoms with Gasteiger partial charge in [0.2, 0.25) is 0 Å².